The first kappa shape index (κ1) is 32.3. The second-order valence-corrected chi connectivity index (χ2v) is 53.8. The summed E-state index contributed by atoms with van der Waals surface area (Å²) >= 11 is -5.24. The molecule has 0 nitrogen and oxygen atoms in total. The zero-order chi connectivity index (χ0) is 31.8. The van der Waals surface area contributed by atoms with Gasteiger partial charge in [0, 0.05) is 0 Å². The minimum atomic E-state index is -5.24. The molecule has 0 radical (unpaired) electrons. The predicted octanol–water partition coefficient (Wildman–Crippen LogP) is 11.4. The van der Waals surface area contributed by atoms with Gasteiger partial charge in [0.2, 0.25) is 0 Å². The molecule has 6 rings (SSSR count). The zero-order valence-electron chi connectivity index (χ0n) is 27.4. The van der Waals surface area contributed by atoms with Crippen LogP contribution in [-0.4, -0.2) is 22.8 Å². The van der Waals surface area contributed by atoms with Crippen molar-refractivity contribution in [2.45, 2.75) is 59.8 Å². The maximum atomic E-state index is 9.36. The van der Waals surface area contributed by atoms with E-state index in [4.69, 9.17) is 0 Å². The molecule has 0 amide bonds. The molecule has 2 atom stereocenters. The van der Waals surface area contributed by atoms with Gasteiger partial charge in [-0.2, -0.15) is 0 Å². The summed E-state index contributed by atoms with van der Waals surface area (Å²) in [5.74, 6) is 0. The van der Waals surface area contributed by atoms with Crippen molar-refractivity contribution < 1.29 is 12.4 Å². The van der Waals surface area contributed by atoms with E-state index in [1.165, 1.54) is 43.8 Å². The van der Waals surface area contributed by atoms with E-state index in [0.717, 1.165) is 0 Å². The van der Waals surface area contributed by atoms with Gasteiger partial charge in [-0.1, -0.05) is 0 Å². The van der Waals surface area contributed by atoms with Crippen LogP contribution in [0.4, 0.5) is 0 Å². The molecule has 4 aromatic rings. The third-order valence-electron chi connectivity index (χ3n) is 10.6. The number of benzene rings is 4. The van der Waals surface area contributed by atoms with Crippen LogP contribution in [0.5, 0.6) is 0 Å². The number of hydrogen-bond acceptors (Lipinski definition) is 0. The molecule has 44 heavy (non-hydrogen) atoms. The zero-order valence-corrected chi connectivity index (χ0v) is 33.6. The second kappa shape index (κ2) is 10.7. The van der Waals surface area contributed by atoms with Crippen molar-refractivity contribution in [2.75, 3.05) is 0 Å². The Bertz CT molecular complexity index is 1670. The van der Waals surface area contributed by atoms with Crippen molar-refractivity contribution in [3.63, 3.8) is 0 Å². The summed E-state index contributed by atoms with van der Waals surface area (Å²) in [6.07, 6.45) is 5.05. The van der Waals surface area contributed by atoms with Crippen LogP contribution in [-0.2, 0) is 19.9 Å². The van der Waals surface area contributed by atoms with Gasteiger partial charge in [0.25, 0.3) is 0 Å². The van der Waals surface area contributed by atoms with Crippen LogP contribution in [0.15, 0.2) is 120 Å². The van der Waals surface area contributed by atoms with E-state index in [2.05, 4.69) is 174 Å². The van der Waals surface area contributed by atoms with Crippen LogP contribution in [0.1, 0.15) is 33.4 Å². The van der Waals surface area contributed by atoms with Gasteiger partial charge in [-0.25, -0.2) is 0 Å². The molecule has 0 N–H and O–H groups in total. The van der Waals surface area contributed by atoms with E-state index in [1.807, 2.05) is 0 Å². The van der Waals surface area contributed by atoms with Gasteiger partial charge in [-0.3, -0.25) is 0 Å². The monoisotopic (exact) mass is 703 g/mol. The molecule has 0 fully saturated rings. The SMILES string of the molecule is C[SiH](C)[Ti]([Cl])([Cl])([C]1(c2ccccc2)C([Si](C)(C)C)=Cc2ccccc21)[C]1(c2ccccc2)C([Si](C)(C)C)=Cc2ccccc21. The van der Waals surface area contributed by atoms with Crippen molar-refractivity contribution >= 4 is 53.6 Å². The number of allylic oxidation sites excluding steroid dienone is 2. The van der Waals surface area contributed by atoms with E-state index in [9.17, 15) is 18.6 Å². The van der Waals surface area contributed by atoms with Crippen LogP contribution in [0.25, 0.3) is 12.2 Å². The molecule has 2 aliphatic rings. The quantitative estimate of drug-likeness (QED) is 0.168. The fourth-order valence-corrected chi connectivity index (χ4v) is 47.1. The molecule has 6 heteroatoms. The van der Waals surface area contributed by atoms with Gasteiger partial charge in [0.1, 0.15) is 0 Å². The van der Waals surface area contributed by atoms with Crippen molar-refractivity contribution in [1.29, 1.82) is 0 Å². The molecule has 0 saturated heterocycles. The molecule has 0 bridgehead atoms. The summed E-state index contributed by atoms with van der Waals surface area (Å²) in [4.78, 5) is 0. The normalized spacial score (nSPS) is 22.6. The van der Waals surface area contributed by atoms with Crippen LogP contribution < -0.4 is 0 Å². The molecule has 0 aliphatic heterocycles. The van der Waals surface area contributed by atoms with Crippen LogP contribution in [0.3, 0.4) is 0 Å². The summed E-state index contributed by atoms with van der Waals surface area (Å²) in [7, 11) is 14.7. The average Bonchev–Trinajstić information content (AvgIpc) is 3.55. The summed E-state index contributed by atoms with van der Waals surface area (Å²) in [6.45, 7) is 18.0. The van der Waals surface area contributed by atoms with E-state index in [-0.39, 0.29) is 0 Å². The van der Waals surface area contributed by atoms with Crippen LogP contribution >= 0.6 is 18.6 Å². The predicted molar refractivity (Wildman–Crippen MR) is 201 cm³/mol. The number of halogens is 2. The Balaban J connectivity index is 1.97. The Morgan fingerprint density at radius 3 is 1.14 bits per heavy atom. The molecule has 227 valence electrons. The fourth-order valence-electron chi connectivity index (χ4n) is 8.97. The van der Waals surface area contributed by atoms with Crippen molar-refractivity contribution in [3.05, 3.63) is 153 Å². The van der Waals surface area contributed by atoms with E-state index >= 15 is 0 Å². The number of fused-ring (bicyclic) bond motifs is 2. The van der Waals surface area contributed by atoms with Crippen LogP contribution in [0, 0.1) is 0 Å². The van der Waals surface area contributed by atoms with Gasteiger partial charge >= 0.3 is 279 Å². The third kappa shape index (κ3) is 4.03. The van der Waals surface area contributed by atoms with E-state index < -0.39 is 42.7 Å². The average molecular weight is 705 g/mol. The molecule has 0 spiro atoms. The first-order chi connectivity index (χ1) is 20.6. The molecule has 0 aromatic heterocycles. The second-order valence-electron chi connectivity index (χ2n) is 15.3. The van der Waals surface area contributed by atoms with Gasteiger partial charge in [-0.15, -0.1) is 0 Å². The maximum absolute atomic E-state index is 9.36. The Labute approximate surface area is 276 Å². The van der Waals surface area contributed by atoms with Gasteiger partial charge in [0.15, 0.2) is 0 Å². The summed E-state index contributed by atoms with van der Waals surface area (Å²) in [5, 5.41) is 2.99. The summed E-state index contributed by atoms with van der Waals surface area (Å²) in [5.41, 5.74) is 7.76. The van der Waals surface area contributed by atoms with Crippen LogP contribution in [0.2, 0.25) is 52.4 Å². The number of rotatable bonds is 7. The van der Waals surface area contributed by atoms with Gasteiger partial charge in [-0.05, 0) is 0 Å². The molecule has 0 heterocycles. The van der Waals surface area contributed by atoms with Crippen molar-refractivity contribution in [3.8, 4) is 0 Å². The Morgan fingerprint density at radius 2 is 0.818 bits per heavy atom. The fraction of sp³-hybridized carbons (Fsp3) is 0.263. The molecule has 0 saturated carbocycles. The Kier molecular flexibility index (Phi) is 7.82. The number of hydrogen-bond donors (Lipinski definition) is 0. The first-order valence-corrected chi connectivity index (χ1v) is 34.4. The summed E-state index contributed by atoms with van der Waals surface area (Å²) in [6, 6.07) is 40.6. The standard InChI is InChI=1S/2C18H19Si.C2H7Si.2ClH.Ti/c2*1-19(2,3)17-13-15-11-7-8-12-16(15)18(17)14-9-5-4-6-10-14;1-3-2;;;/h2*4-13H,1-3H3;3H,1-2H3;2*1H;/q;;;;;+2/p-2. The van der Waals surface area contributed by atoms with Gasteiger partial charge in [0.05, 0.1) is 0 Å². The minimum absolute atomic E-state index is 0.602. The van der Waals surface area contributed by atoms with Crippen molar-refractivity contribution in [1.82, 2.24) is 0 Å². The Morgan fingerprint density at radius 1 is 0.500 bits per heavy atom. The molecule has 2 unspecified atom stereocenters. The molecule has 2 aliphatic carbocycles. The molecule has 4 aromatic carbocycles. The summed E-state index contributed by atoms with van der Waals surface area (Å²) < 4.78 is -1.20. The van der Waals surface area contributed by atoms with E-state index in [0.29, 0.717) is 0 Å². The third-order valence-corrected chi connectivity index (χ3v) is 53.1. The Hall–Kier alpha value is -1.70. The van der Waals surface area contributed by atoms with E-state index in [1.54, 1.807) is 0 Å². The van der Waals surface area contributed by atoms with Gasteiger partial charge < -0.3 is 0 Å². The topological polar surface area (TPSA) is 0 Å². The first-order valence-electron chi connectivity index (χ1n) is 16.0. The van der Waals surface area contributed by atoms with Crippen molar-refractivity contribution in [2.24, 2.45) is 0 Å². The molecular formula is C38H45Cl2Si3Ti. The molecular weight excluding hydrogens is 659 g/mol.